The number of nitro groups is 1. The van der Waals surface area contributed by atoms with Crippen LogP contribution in [0.2, 0.25) is 0 Å². The molecule has 0 bridgehead atoms. The summed E-state index contributed by atoms with van der Waals surface area (Å²) in [5.74, 6) is -5.52. The third kappa shape index (κ3) is 3.44. The van der Waals surface area contributed by atoms with Crippen LogP contribution in [0.25, 0.3) is 5.70 Å². The zero-order valence-electron chi connectivity index (χ0n) is 14.7. The molecular weight excluding hydrogens is 387 g/mol. The van der Waals surface area contributed by atoms with E-state index in [4.69, 9.17) is 5.26 Å². The number of hydrogen-bond donors (Lipinski definition) is 1. The van der Waals surface area contributed by atoms with Crippen molar-refractivity contribution in [3.05, 3.63) is 86.0 Å². The van der Waals surface area contributed by atoms with Gasteiger partial charge in [-0.1, -0.05) is 30.3 Å². The van der Waals surface area contributed by atoms with Gasteiger partial charge in [-0.05, 0) is 5.56 Å². The van der Waals surface area contributed by atoms with E-state index in [1.807, 2.05) is 0 Å². The zero-order valence-corrected chi connectivity index (χ0v) is 14.7. The van der Waals surface area contributed by atoms with E-state index in [0.717, 1.165) is 11.6 Å². The molecule has 29 heavy (non-hydrogen) atoms. The van der Waals surface area contributed by atoms with Crippen LogP contribution < -0.4 is 5.32 Å². The molecule has 7 nitrogen and oxygen atoms in total. The quantitative estimate of drug-likeness (QED) is 0.481. The molecule has 0 aliphatic carbocycles. The molecule has 1 fully saturated rings. The molecule has 1 aliphatic heterocycles. The number of nitrogens with one attached hydrogen (secondary N) is 1. The Morgan fingerprint density at radius 1 is 1.10 bits per heavy atom. The number of hydrogen-bond acceptors (Lipinski definition) is 6. The minimum atomic E-state index is -1.88. The molecule has 2 aromatic rings. The van der Waals surface area contributed by atoms with Crippen LogP contribution in [-0.4, -0.2) is 22.9 Å². The third-order valence-electron chi connectivity index (χ3n) is 4.39. The second kappa shape index (κ2) is 7.90. The standard InChI is InChI=1S/C19H12F3N5O2/c20-15-12(8-23)14(17(22)16(21)13(15)9-24)18(27(28)29)19-25-6-7-26(19)10-11-4-2-1-3-5-11/h1-5,25H,6-7,10H2/b19-18+. The van der Waals surface area contributed by atoms with E-state index in [9.17, 15) is 28.5 Å². The minimum Gasteiger partial charge on any atom is -0.364 e. The molecule has 3 rings (SSSR count). The molecule has 1 saturated heterocycles. The smallest absolute Gasteiger partial charge is 0.320 e. The first kappa shape index (κ1) is 19.7. The van der Waals surface area contributed by atoms with Crippen LogP contribution >= 0.6 is 0 Å². The summed E-state index contributed by atoms with van der Waals surface area (Å²) in [6, 6.07) is 11.3. The highest BCUT2D eigenvalue weighted by Gasteiger charge is 2.37. The molecule has 0 amide bonds. The van der Waals surface area contributed by atoms with Crippen molar-refractivity contribution in [2.24, 2.45) is 0 Å². The van der Waals surface area contributed by atoms with Crippen LogP contribution in [0.1, 0.15) is 22.3 Å². The van der Waals surface area contributed by atoms with E-state index in [-0.39, 0.29) is 18.9 Å². The Balaban J connectivity index is 2.25. The van der Waals surface area contributed by atoms with Gasteiger partial charge in [0.2, 0.25) is 0 Å². The number of rotatable bonds is 4. The largest absolute Gasteiger partial charge is 0.364 e. The Bertz CT molecular complexity index is 1100. The number of halogens is 3. The van der Waals surface area contributed by atoms with Crippen molar-refractivity contribution in [2.45, 2.75) is 6.54 Å². The molecule has 146 valence electrons. The monoisotopic (exact) mass is 399 g/mol. The second-order valence-corrected chi connectivity index (χ2v) is 6.08. The van der Waals surface area contributed by atoms with Gasteiger partial charge in [-0.25, -0.2) is 13.2 Å². The molecule has 2 aromatic carbocycles. The molecule has 1 aliphatic rings. The van der Waals surface area contributed by atoms with Crippen LogP contribution in [0.3, 0.4) is 0 Å². The Hall–Kier alpha value is -4.05. The molecule has 0 saturated carbocycles. The molecule has 0 aromatic heterocycles. The normalized spacial score (nSPS) is 14.7. The zero-order chi connectivity index (χ0) is 21.1. The highest BCUT2D eigenvalue weighted by Crippen LogP contribution is 2.33. The van der Waals surface area contributed by atoms with Crippen LogP contribution in [0.4, 0.5) is 13.2 Å². The third-order valence-corrected chi connectivity index (χ3v) is 4.39. The Labute approximate surface area is 163 Å². The van der Waals surface area contributed by atoms with Gasteiger partial charge in [0, 0.05) is 19.6 Å². The van der Waals surface area contributed by atoms with E-state index < -0.39 is 44.8 Å². The number of nitrogens with zero attached hydrogens (tertiary/aromatic N) is 4. The lowest BCUT2D eigenvalue weighted by Gasteiger charge is -2.19. The van der Waals surface area contributed by atoms with Crippen molar-refractivity contribution in [3.63, 3.8) is 0 Å². The predicted molar refractivity (Wildman–Crippen MR) is 94.5 cm³/mol. The van der Waals surface area contributed by atoms with Gasteiger partial charge in [0.1, 0.15) is 28.8 Å². The SMILES string of the molecule is N#Cc1c(F)c(F)c(/C(=C2/NCCN2Cc2ccccc2)[N+](=O)[O-])c(C#N)c1F. The van der Waals surface area contributed by atoms with Crippen LogP contribution in [0.15, 0.2) is 36.2 Å². The maximum absolute atomic E-state index is 14.7. The molecule has 0 radical (unpaired) electrons. The number of benzene rings is 2. The fraction of sp³-hybridized carbons (Fsp3) is 0.158. The van der Waals surface area contributed by atoms with Gasteiger partial charge in [-0.15, -0.1) is 0 Å². The summed E-state index contributed by atoms with van der Waals surface area (Å²) in [6.45, 7) is 0.793. The minimum absolute atomic E-state index is 0.169. The first-order valence-corrected chi connectivity index (χ1v) is 8.33. The van der Waals surface area contributed by atoms with Gasteiger partial charge in [-0.3, -0.25) is 10.1 Å². The summed E-state index contributed by atoms with van der Waals surface area (Å²) in [4.78, 5) is 12.3. The molecular formula is C19H12F3N5O2. The summed E-state index contributed by atoms with van der Waals surface area (Å²) < 4.78 is 43.2. The van der Waals surface area contributed by atoms with Crippen molar-refractivity contribution >= 4 is 5.70 Å². The van der Waals surface area contributed by atoms with Crippen molar-refractivity contribution < 1.29 is 18.1 Å². The van der Waals surface area contributed by atoms with Gasteiger partial charge in [0.15, 0.2) is 23.3 Å². The van der Waals surface area contributed by atoms with Crippen LogP contribution in [0.5, 0.6) is 0 Å². The van der Waals surface area contributed by atoms with E-state index in [1.54, 1.807) is 30.3 Å². The van der Waals surface area contributed by atoms with Crippen LogP contribution in [-0.2, 0) is 6.54 Å². The number of nitriles is 2. The highest BCUT2D eigenvalue weighted by molar-refractivity contribution is 5.69. The summed E-state index contributed by atoms with van der Waals surface area (Å²) in [6.07, 6.45) is 0. The maximum Gasteiger partial charge on any atom is 0.320 e. The molecule has 1 heterocycles. The van der Waals surface area contributed by atoms with Crippen molar-refractivity contribution in [1.82, 2.24) is 10.2 Å². The van der Waals surface area contributed by atoms with E-state index >= 15 is 0 Å². The van der Waals surface area contributed by atoms with Gasteiger partial charge in [0.05, 0.1) is 4.92 Å². The van der Waals surface area contributed by atoms with E-state index in [1.165, 1.54) is 11.0 Å². The Kier molecular flexibility index (Phi) is 5.37. The Morgan fingerprint density at radius 2 is 1.76 bits per heavy atom. The van der Waals surface area contributed by atoms with Gasteiger partial charge in [0.25, 0.3) is 0 Å². The fourth-order valence-corrected chi connectivity index (χ4v) is 3.11. The summed E-state index contributed by atoms with van der Waals surface area (Å²) in [5, 5.41) is 32.6. The van der Waals surface area contributed by atoms with Crippen molar-refractivity contribution in [1.29, 1.82) is 10.5 Å². The molecule has 0 atom stereocenters. The average molecular weight is 399 g/mol. The maximum atomic E-state index is 14.7. The highest BCUT2D eigenvalue weighted by atomic mass is 19.2. The molecule has 10 heteroatoms. The first-order valence-electron chi connectivity index (χ1n) is 8.33. The lowest BCUT2D eigenvalue weighted by Crippen LogP contribution is -2.24. The van der Waals surface area contributed by atoms with Gasteiger partial charge >= 0.3 is 5.70 Å². The fourth-order valence-electron chi connectivity index (χ4n) is 3.11. The topological polar surface area (TPSA) is 106 Å². The van der Waals surface area contributed by atoms with Crippen LogP contribution in [0, 0.1) is 50.2 Å². The summed E-state index contributed by atoms with van der Waals surface area (Å²) in [5.41, 5.74) is -3.72. The van der Waals surface area contributed by atoms with Crippen molar-refractivity contribution in [3.8, 4) is 12.1 Å². The lowest BCUT2D eigenvalue weighted by molar-refractivity contribution is -0.377. The average Bonchev–Trinajstić information content (AvgIpc) is 3.14. The predicted octanol–water partition coefficient (Wildman–Crippen LogP) is 2.86. The van der Waals surface area contributed by atoms with Crippen molar-refractivity contribution in [2.75, 3.05) is 13.1 Å². The molecule has 0 spiro atoms. The van der Waals surface area contributed by atoms with Gasteiger partial charge < -0.3 is 10.2 Å². The second-order valence-electron chi connectivity index (χ2n) is 6.08. The first-order chi connectivity index (χ1) is 13.9. The Morgan fingerprint density at radius 3 is 2.34 bits per heavy atom. The molecule has 1 N–H and O–H groups in total. The lowest BCUT2D eigenvalue weighted by atomic mass is 9.99. The summed E-state index contributed by atoms with van der Waals surface area (Å²) >= 11 is 0. The molecule has 0 unspecified atom stereocenters. The van der Waals surface area contributed by atoms with E-state index in [0.29, 0.717) is 6.54 Å². The van der Waals surface area contributed by atoms with Gasteiger partial charge in [-0.2, -0.15) is 10.5 Å². The van der Waals surface area contributed by atoms with E-state index in [2.05, 4.69) is 5.32 Å². The summed E-state index contributed by atoms with van der Waals surface area (Å²) in [7, 11) is 0.